The predicted octanol–water partition coefficient (Wildman–Crippen LogP) is 1.77. The van der Waals surface area contributed by atoms with E-state index in [1.807, 2.05) is 0 Å². The Morgan fingerprint density at radius 1 is 0.917 bits per heavy atom. The second-order valence-corrected chi connectivity index (χ2v) is 7.03. The van der Waals surface area contributed by atoms with Crippen LogP contribution >= 0.6 is 0 Å². The number of hydrogen-bond donors (Lipinski definition) is 0. The van der Waals surface area contributed by atoms with Gasteiger partial charge in [0.05, 0.1) is 13.2 Å². The molecule has 140 valence electrons. The molecule has 2 atom stereocenters. The number of rotatable bonds is 8. The molecule has 0 saturated carbocycles. The number of hydrogen-bond acceptors (Lipinski definition) is 7. The normalized spacial score (nSPS) is 25.8. The summed E-state index contributed by atoms with van der Waals surface area (Å²) in [5, 5.41) is 0. The van der Waals surface area contributed by atoms with Gasteiger partial charge in [-0.2, -0.15) is 0 Å². The molecular weight excluding hydrogens is 312 g/mol. The van der Waals surface area contributed by atoms with E-state index in [4.69, 9.17) is 18.9 Å². The van der Waals surface area contributed by atoms with E-state index in [1.165, 1.54) is 0 Å². The number of carbonyl (C=O) groups excluding carboxylic acids is 1. The van der Waals surface area contributed by atoms with Gasteiger partial charge in [-0.1, -0.05) is 27.7 Å². The van der Waals surface area contributed by atoms with E-state index < -0.39 is 6.16 Å². The van der Waals surface area contributed by atoms with E-state index in [1.54, 1.807) is 0 Å². The highest BCUT2D eigenvalue weighted by Gasteiger charge is 2.29. The van der Waals surface area contributed by atoms with Crippen LogP contribution < -0.4 is 0 Å². The van der Waals surface area contributed by atoms with Gasteiger partial charge in [0.2, 0.25) is 0 Å². The topological polar surface area (TPSA) is 60.5 Å². The Kier molecular flexibility index (Phi) is 7.74. The molecule has 0 aromatic rings. The minimum absolute atomic E-state index is 0.118. The molecule has 0 radical (unpaired) electrons. The Morgan fingerprint density at radius 2 is 1.33 bits per heavy atom. The zero-order chi connectivity index (χ0) is 17.5. The summed E-state index contributed by atoms with van der Waals surface area (Å²) in [6, 6.07) is 0. The fourth-order valence-electron chi connectivity index (χ4n) is 3.29. The van der Waals surface area contributed by atoms with Crippen molar-refractivity contribution in [2.45, 2.75) is 40.2 Å². The minimum atomic E-state index is -0.600. The lowest BCUT2D eigenvalue weighted by molar-refractivity contribution is -0.0212. The molecule has 0 aromatic heterocycles. The molecule has 7 nitrogen and oxygen atoms in total. The van der Waals surface area contributed by atoms with Gasteiger partial charge in [0.25, 0.3) is 0 Å². The Bertz CT molecular complexity index is 357. The van der Waals surface area contributed by atoms with Crippen molar-refractivity contribution in [3.63, 3.8) is 0 Å². The first kappa shape index (κ1) is 19.4. The van der Waals surface area contributed by atoms with Gasteiger partial charge < -0.3 is 18.9 Å². The molecule has 2 fully saturated rings. The van der Waals surface area contributed by atoms with Crippen LogP contribution in [0.5, 0.6) is 0 Å². The summed E-state index contributed by atoms with van der Waals surface area (Å²) in [5.74, 6) is 0.854. The molecule has 7 heteroatoms. The van der Waals surface area contributed by atoms with Crippen molar-refractivity contribution in [1.82, 2.24) is 9.80 Å². The van der Waals surface area contributed by atoms with Crippen LogP contribution in [0.2, 0.25) is 0 Å². The second kappa shape index (κ2) is 9.56. The maximum atomic E-state index is 11.7. The van der Waals surface area contributed by atoms with E-state index in [0.717, 1.165) is 26.3 Å². The number of ether oxygens (including phenoxy) is 4. The van der Waals surface area contributed by atoms with Gasteiger partial charge in [-0.3, -0.25) is 9.80 Å². The van der Waals surface area contributed by atoms with Crippen molar-refractivity contribution in [2.24, 2.45) is 11.8 Å². The largest absolute Gasteiger partial charge is 0.508 e. The molecule has 2 unspecified atom stereocenters. The maximum Gasteiger partial charge on any atom is 0.508 e. The van der Waals surface area contributed by atoms with Crippen LogP contribution in [-0.4, -0.2) is 81.0 Å². The molecule has 0 aliphatic carbocycles. The quantitative estimate of drug-likeness (QED) is 0.622. The van der Waals surface area contributed by atoms with Crippen molar-refractivity contribution in [3.8, 4) is 0 Å². The fraction of sp³-hybridized carbons (Fsp3) is 0.941. The molecule has 2 heterocycles. The Balaban J connectivity index is 1.57. The van der Waals surface area contributed by atoms with Gasteiger partial charge in [-0.15, -0.1) is 0 Å². The molecular formula is C17H32N2O5. The smallest absolute Gasteiger partial charge is 0.433 e. The Labute approximate surface area is 145 Å². The van der Waals surface area contributed by atoms with E-state index in [9.17, 15) is 4.79 Å². The molecule has 24 heavy (non-hydrogen) atoms. The molecule has 2 rings (SSSR count). The first-order valence-electron chi connectivity index (χ1n) is 9.00. The predicted molar refractivity (Wildman–Crippen MR) is 89.6 cm³/mol. The van der Waals surface area contributed by atoms with Gasteiger partial charge >= 0.3 is 6.16 Å². The van der Waals surface area contributed by atoms with Gasteiger partial charge in [-0.25, -0.2) is 4.79 Å². The highest BCUT2D eigenvalue weighted by atomic mass is 16.7. The molecule has 0 amide bonds. The molecule has 2 aliphatic heterocycles. The summed E-state index contributed by atoms with van der Waals surface area (Å²) in [7, 11) is 0. The third-order valence-corrected chi connectivity index (χ3v) is 4.39. The lowest BCUT2D eigenvalue weighted by atomic mass is 10.2. The first-order chi connectivity index (χ1) is 11.5. The van der Waals surface area contributed by atoms with E-state index in [0.29, 0.717) is 38.1 Å². The van der Waals surface area contributed by atoms with Gasteiger partial charge in [-0.05, 0) is 11.8 Å². The van der Waals surface area contributed by atoms with Crippen LogP contribution in [0.25, 0.3) is 0 Å². The van der Waals surface area contributed by atoms with E-state index in [-0.39, 0.29) is 12.5 Å². The highest BCUT2D eigenvalue weighted by molar-refractivity contribution is 5.59. The second-order valence-electron chi connectivity index (χ2n) is 7.03. The van der Waals surface area contributed by atoms with Crippen LogP contribution in [0.4, 0.5) is 4.79 Å². The molecule has 0 spiro atoms. The average molecular weight is 344 g/mol. The Morgan fingerprint density at radius 3 is 1.71 bits per heavy atom. The zero-order valence-electron chi connectivity index (χ0n) is 15.4. The van der Waals surface area contributed by atoms with Crippen LogP contribution in [-0.2, 0) is 18.9 Å². The van der Waals surface area contributed by atoms with Crippen molar-refractivity contribution >= 4 is 6.16 Å². The summed E-state index contributed by atoms with van der Waals surface area (Å²) >= 11 is 0. The van der Waals surface area contributed by atoms with E-state index in [2.05, 4.69) is 37.5 Å². The first-order valence-corrected chi connectivity index (χ1v) is 9.00. The monoisotopic (exact) mass is 344 g/mol. The minimum Gasteiger partial charge on any atom is -0.433 e. The number of nitrogens with zero attached hydrogens (tertiary/aromatic N) is 2. The molecule has 0 N–H and O–H groups in total. The highest BCUT2D eigenvalue weighted by Crippen LogP contribution is 2.18. The third kappa shape index (κ3) is 5.58. The molecule has 0 bridgehead atoms. The third-order valence-electron chi connectivity index (χ3n) is 4.39. The van der Waals surface area contributed by atoms with Gasteiger partial charge in [0.1, 0.15) is 25.7 Å². The summed E-state index contributed by atoms with van der Waals surface area (Å²) < 4.78 is 21.7. The van der Waals surface area contributed by atoms with Crippen molar-refractivity contribution < 1.29 is 23.7 Å². The van der Waals surface area contributed by atoms with Crippen molar-refractivity contribution in [3.05, 3.63) is 0 Å². The zero-order valence-corrected chi connectivity index (χ0v) is 15.4. The van der Waals surface area contributed by atoms with Gasteiger partial charge in [0.15, 0.2) is 0 Å². The standard InChI is InChI=1S/C17H32N2O5/c1-13(2)15-18(5-9-21-15)7-11-23-17(20)24-12-8-19-6-10-22-16(19)14(3)4/h13-16H,5-12H2,1-4H3. The summed E-state index contributed by atoms with van der Waals surface area (Å²) in [6.45, 7) is 13.8. The van der Waals surface area contributed by atoms with Crippen LogP contribution in [0, 0.1) is 11.8 Å². The lowest BCUT2D eigenvalue weighted by Crippen LogP contribution is -2.38. The molecule has 2 saturated heterocycles. The molecule has 0 aromatic carbocycles. The van der Waals surface area contributed by atoms with Crippen LogP contribution in [0.3, 0.4) is 0 Å². The molecule has 2 aliphatic rings. The SMILES string of the molecule is CC(C)C1OCCN1CCOC(=O)OCCN1CCOC1C(C)C. The van der Waals surface area contributed by atoms with Crippen LogP contribution in [0.1, 0.15) is 27.7 Å². The average Bonchev–Trinajstić information content (AvgIpc) is 3.16. The summed E-state index contributed by atoms with van der Waals surface area (Å²) in [5.41, 5.74) is 0. The fourth-order valence-corrected chi connectivity index (χ4v) is 3.29. The van der Waals surface area contributed by atoms with Crippen molar-refractivity contribution in [1.29, 1.82) is 0 Å². The van der Waals surface area contributed by atoms with Gasteiger partial charge in [0, 0.05) is 26.2 Å². The van der Waals surface area contributed by atoms with Crippen molar-refractivity contribution in [2.75, 3.05) is 52.6 Å². The Hall–Kier alpha value is -0.890. The summed E-state index contributed by atoms with van der Waals surface area (Å²) in [4.78, 5) is 16.1. The lowest BCUT2D eigenvalue weighted by Gasteiger charge is -2.26. The van der Waals surface area contributed by atoms with E-state index >= 15 is 0 Å². The summed E-state index contributed by atoms with van der Waals surface area (Å²) in [6.07, 6.45) is -0.363. The van der Waals surface area contributed by atoms with Crippen LogP contribution in [0.15, 0.2) is 0 Å². The maximum absolute atomic E-state index is 11.7. The number of carbonyl (C=O) groups is 1.